The summed E-state index contributed by atoms with van der Waals surface area (Å²) in [7, 11) is 0. The maximum atomic E-state index is 12.9. The van der Waals surface area contributed by atoms with Crippen LogP contribution >= 0.6 is 0 Å². The van der Waals surface area contributed by atoms with Crippen molar-refractivity contribution >= 4 is 11.6 Å². The van der Waals surface area contributed by atoms with Crippen LogP contribution in [-0.4, -0.2) is 17.4 Å². The number of carbonyl (C=O) groups excluding carboxylic acids is 1. The number of hydrogen-bond acceptors (Lipinski definition) is 4. The summed E-state index contributed by atoms with van der Waals surface area (Å²) < 4.78 is 5.48. The second-order valence-electron chi connectivity index (χ2n) is 6.09. The Morgan fingerprint density at radius 3 is 2.21 bits per heavy atom. The van der Waals surface area contributed by atoms with Crippen LogP contribution in [0.3, 0.4) is 0 Å². The Kier molecular flexibility index (Phi) is 6.01. The van der Waals surface area contributed by atoms with E-state index < -0.39 is 16.9 Å². The molecular formula is C22H20N2O4. The molecule has 0 radical (unpaired) electrons. The number of nitrogens with zero attached hydrogens (tertiary/aromatic N) is 1. The van der Waals surface area contributed by atoms with Crippen LogP contribution in [0.1, 0.15) is 34.5 Å². The van der Waals surface area contributed by atoms with Crippen LogP contribution in [0.2, 0.25) is 0 Å². The lowest BCUT2D eigenvalue weighted by Crippen LogP contribution is -2.29. The molecule has 1 unspecified atom stereocenters. The molecular weight excluding hydrogens is 356 g/mol. The van der Waals surface area contributed by atoms with Crippen molar-refractivity contribution in [1.82, 2.24) is 5.32 Å². The van der Waals surface area contributed by atoms with Crippen LogP contribution in [0.15, 0.2) is 78.9 Å². The Hall–Kier alpha value is -3.67. The van der Waals surface area contributed by atoms with Crippen molar-refractivity contribution in [2.45, 2.75) is 13.0 Å². The van der Waals surface area contributed by atoms with Crippen LogP contribution in [0.5, 0.6) is 5.75 Å². The molecule has 0 aliphatic carbocycles. The van der Waals surface area contributed by atoms with Gasteiger partial charge in [0.25, 0.3) is 11.6 Å². The van der Waals surface area contributed by atoms with E-state index in [1.165, 1.54) is 18.2 Å². The topological polar surface area (TPSA) is 81.5 Å². The molecule has 1 amide bonds. The highest BCUT2D eigenvalue weighted by Crippen LogP contribution is 2.26. The Morgan fingerprint density at radius 1 is 0.964 bits per heavy atom. The van der Waals surface area contributed by atoms with E-state index in [-0.39, 0.29) is 11.3 Å². The first-order chi connectivity index (χ1) is 13.6. The van der Waals surface area contributed by atoms with Gasteiger partial charge in [0.2, 0.25) is 0 Å². The summed E-state index contributed by atoms with van der Waals surface area (Å²) >= 11 is 0. The number of nitro benzene ring substituents is 1. The largest absolute Gasteiger partial charge is 0.494 e. The SMILES string of the molecule is CCOc1ccc(C(NC(=O)c2ccccc2[N+](=O)[O-])c2ccccc2)cc1. The van der Waals surface area contributed by atoms with Gasteiger partial charge in [-0.3, -0.25) is 14.9 Å². The van der Waals surface area contributed by atoms with Crippen LogP contribution in [-0.2, 0) is 0 Å². The number of benzene rings is 3. The predicted octanol–water partition coefficient (Wildman–Crippen LogP) is 4.51. The first kappa shape index (κ1) is 19.1. The number of amides is 1. The summed E-state index contributed by atoms with van der Waals surface area (Å²) in [5.41, 5.74) is 1.53. The van der Waals surface area contributed by atoms with Crippen LogP contribution in [0.25, 0.3) is 0 Å². The van der Waals surface area contributed by atoms with Gasteiger partial charge >= 0.3 is 0 Å². The third-order valence-corrected chi connectivity index (χ3v) is 4.28. The van der Waals surface area contributed by atoms with Crippen molar-refractivity contribution in [3.63, 3.8) is 0 Å². The molecule has 0 bridgehead atoms. The molecule has 0 heterocycles. The van der Waals surface area contributed by atoms with Crippen molar-refractivity contribution in [2.24, 2.45) is 0 Å². The lowest BCUT2D eigenvalue weighted by Gasteiger charge is -2.20. The molecule has 1 N–H and O–H groups in total. The second kappa shape index (κ2) is 8.81. The maximum Gasteiger partial charge on any atom is 0.282 e. The first-order valence-electron chi connectivity index (χ1n) is 8.92. The number of nitrogens with one attached hydrogen (secondary N) is 1. The Bertz CT molecular complexity index is 956. The zero-order valence-electron chi connectivity index (χ0n) is 15.4. The van der Waals surface area contributed by atoms with Gasteiger partial charge in [-0.2, -0.15) is 0 Å². The third kappa shape index (κ3) is 4.35. The fraction of sp³-hybridized carbons (Fsp3) is 0.136. The Balaban J connectivity index is 1.94. The highest BCUT2D eigenvalue weighted by Gasteiger charge is 2.23. The zero-order valence-corrected chi connectivity index (χ0v) is 15.4. The Labute approximate surface area is 162 Å². The molecule has 0 aliphatic rings. The quantitative estimate of drug-likeness (QED) is 0.486. The number of nitro groups is 1. The summed E-state index contributed by atoms with van der Waals surface area (Å²) in [6.45, 7) is 2.48. The number of para-hydroxylation sites is 1. The van der Waals surface area contributed by atoms with Crippen LogP contribution in [0.4, 0.5) is 5.69 Å². The molecule has 0 saturated heterocycles. The normalized spacial score (nSPS) is 11.5. The molecule has 0 aromatic heterocycles. The molecule has 1 atom stereocenters. The molecule has 6 heteroatoms. The number of rotatable bonds is 7. The minimum Gasteiger partial charge on any atom is -0.494 e. The van der Waals surface area contributed by atoms with Crippen LogP contribution < -0.4 is 10.1 Å². The summed E-state index contributed by atoms with van der Waals surface area (Å²) in [5.74, 6) is 0.234. The lowest BCUT2D eigenvalue weighted by atomic mass is 9.98. The average molecular weight is 376 g/mol. The van der Waals surface area contributed by atoms with E-state index in [0.29, 0.717) is 6.61 Å². The summed E-state index contributed by atoms with van der Waals surface area (Å²) in [5, 5.41) is 14.2. The second-order valence-corrected chi connectivity index (χ2v) is 6.09. The molecule has 142 valence electrons. The third-order valence-electron chi connectivity index (χ3n) is 4.28. The fourth-order valence-corrected chi connectivity index (χ4v) is 2.96. The minimum atomic E-state index is -0.552. The first-order valence-corrected chi connectivity index (χ1v) is 8.92. The molecule has 3 rings (SSSR count). The number of hydrogen-bond donors (Lipinski definition) is 1. The highest BCUT2D eigenvalue weighted by atomic mass is 16.6. The average Bonchev–Trinajstić information content (AvgIpc) is 2.73. The standard InChI is InChI=1S/C22H20N2O4/c1-2-28-18-14-12-17(13-15-18)21(16-8-4-3-5-9-16)23-22(25)19-10-6-7-11-20(19)24(26)27/h3-15,21H,2H2,1H3,(H,23,25). The fourth-order valence-electron chi connectivity index (χ4n) is 2.96. The van der Waals surface area contributed by atoms with Crippen molar-refractivity contribution in [3.05, 3.63) is 106 Å². The molecule has 0 fully saturated rings. The molecule has 28 heavy (non-hydrogen) atoms. The van der Waals surface area contributed by atoms with E-state index in [0.717, 1.165) is 16.9 Å². The van der Waals surface area contributed by atoms with E-state index in [9.17, 15) is 14.9 Å². The van der Waals surface area contributed by atoms with Gasteiger partial charge in [0.05, 0.1) is 17.6 Å². The smallest absolute Gasteiger partial charge is 0.282 e. The van der Waals surface area contributed by atoms with Gasteiger partial charge in [0, 0.05) is 6.07 Å². The van der Waals surface area contributed by atoms with E-state index in [4.69, 9.17) is 4.74 Å². The maximum absolute atomic E-state index is 12.9. The van der Waals surface area contributed by atoms with Crippen molar-refractivity contribution in [1.29, 1.82) is 0 Å². The van der Waals surface area contributed by atoms with Gasteiger partial charge in [-0.05, 0) is 36.2 Å². The van der Waals surface area contributed by atoms with Gasteiger partial charge in [-0.15, -0.1) is 0 Å². The van der Waals surface area contributed by atoms with Gasteiger partial charge < -0.3 is 10.1 Å². The lowest BCUT2D eigenvalue weighted by molar-refractivity contribution is -0.385. The van der Waals surface area contributed by atoms with E-state index in [2.05, 4.69) is 5.32 Å². The van der Waals surface area contributed by atoms with E-state index >= 15 is 0 Å². The molecule has 0 saturated carbocycles. The van der Waals surface area contributed by atoms with E-state index in [1.54, 1.807) is 6.07 Å². The Morgan fingerprint density at radius 2 is 1.57 bits per heavy atom. The van der Waals surface area contributed by atoms with E-state index in [1.807, 2.05) is 61.5 Å². The van der Waals surface area contributed by atoms with Gasteiger partial charge in [-0.25, -0.2) is 0 Å². The summed E-state index contributed by atoms with van der Waals surface area (Å²) in [6.07, 6.45) is 0. The number of ether oxygens (including phenoxy) is 1. The highest BCUT2D eigenvalue weighted by molar-refractivity contribution is 5.98. The zero-order chi connectivity index (χ0) is 19.9. The minimum absolute atomic E-state index is 0.0272. The van der Waals surface area contributed by atoms with Crippen LogP contribution in [0, 0.1) is 10.1 Å². The van der Waals surface area contributed by atoms with Crippen molar-refractivity contribution in [2.75, 3.05) is 6.61 Å². The molecule has 3 aromatic carbocycles. The van der Waals surface area contributed by atoms with Crippen molar-refractivity contribution in [3.8, 4) is 5.75 Å². The van der Waals surface area contributed by atoms with Gasteiger partial charge in [0.1, 0.15) is 11.3 Å². The van der Waals surface area contributed by atoms with Crippen molar-refractivity contribution < 1.29 is 14.5 Å². The van der Waals surface area contributed by atoms with Gasteiger partial charge in [0.15, 0.2) is 0 Å². The molecule has 3 aromatic rings. The molecule has 0 spiro atoms. The summed E-state index contributed by atoms with van der Waals surface area (Å²) in [4.78, 5) is 23.6. The molecule has 6 nitrogen and oxygen atoms in total. The predicted molar refractivity (Wildman–Crippen MR) is 106 cm³/mol. The monoisotopic (exact) mass is 376 g/mol. The number of carbonyl (C=O) groups is 1. The van der Waals surface area contributed by atoms with Gasteiger partial charge in [-0.1, -0.05) is 54.6 Å². The summed E-state index contributed by atoms with van der Waals surface area (Å²) in [6, 6.07) is 22.4. The molecule has 0 aliphatic heterocycles.